The highest BCUT2D eigenvalue weighted by atomic mass is 16.6. The summed E-state index contributed by atoms with van der Waals surface area (Å²) in [7, 11) is 4.21. The molecule has 2 fully saturated rings. The van der Waals surface area contributed by atoms with Crippen molar-refractivity contribution in [2.75, 3.05) is 20.6 Å². The Kier molecular flexibility index (Phi) is 5.38. The second-order valence-corrected chi connectivity index (χ2v) is 8.27. The molecule has 2 bridgehead atoms. The van der Waals surface area contributed by atoms with E-state index in [0.29, 0.717) is 24.2 Å². The first kappa shape index (κ1) is 17.5. The van der Waals surface area contributed by atoms with Gasteiger partial charge in [0.15, 0.2) is 0 Å². The second-order valence-electron chi connectivity index (χ2n) is 8.27. The maximum atomic E-state index is 12.4. The van der Waals surface area contributed by atoms with E-state index in [1.807, 2.05) is 25.7 Å². The van der Waals surface area contributed by atoms with Crippen molar-refractivity contribution in [2.45, 2.75) is 83.1 Å². The average molecular weight is 311 g/mol. The highest BCUT2D eigenvalue weighted by Gasteiger charge is 2.44. The van der Waals surface area contributed by atoms with Crippen LogP contribution in [0.25, 0.3) is 0 Å². The molecule has 5 heteroatoms. The number of carbonyl (C=O) groups excluding carboxylic acids is 1. The van der Waals surface area contributed by atoms with Gasteiger partial charge in [0.2, 0.25) is 0 Å². The van der Waals surface area contributed by atoms with Crippen LogP contribution in [0.5, 0.6) is 0 Å². The van der Waals surface area contributed by atoms with Crippen molar-refractivity contribution in [1.82, 2.24) is 15.1 Å². The summed E-state index contributed by atoms with van der Waals surface area (Å²) in [6.07, 6.45) is 4.20. The van der Waals surface area contributed by atoms with Crippen molar-refractivity contribution in [3.05, 3.63) is 0 Å². The van der Waals surface area contributed by atoms with Crippen molar-refractivity contribution in [3.8, 4) is 0 Å². The van der Waals surface area contributed by atoms with E-state index in [4.69, 9.17) is 4.74 Å². The largest absolute Gasteiger partial charge is 0.444 e. The zero-order valence-electron chi connectivity index (χ0n) is 15.1. The summed E-state index contributed by atoms with van der Waals surface area (Å²) in [4.78, 5) is 16.6. The molecule has 3 unspecified atom stereocenters. The van der Waals surface area contributed by atoms with Gasteiger partial charge in [0.25, 0.3) is 0 Å². The molecule has 0 radical (unpaired) electrons. The summed E-state index contributed by atoms with van der Waals surface area (Å²) in [5.74, 6) is 0. The Labute approximate surface area is 135 Å². The summed E-state index contributed by atoms with van der Waals surface area (Å²) < 4.78 is 5.59. The third-order valence-electron chi connectivity index (χ3n) is 4.50. The monoisotopic (exact) mass is 311 g/mol. The number of rotatable bonds is 4. The number of nitrogens with zero attached hydrogens (tertiary/aromatic N) is 2. The Balaban J connectivity index is 1.90. The second kappa shape index (κ2) is 6.75. The molecule has 2 aliphatic rings. The number of hydrogen-bond donors (Lipinski definition) is 1. The SMILES string of the molecule is CC(CN(C)C)NC1CC2CCC(C1)N2C(=O)OC(C)(C)C. The van der Waals surface area contributed by atoms with E-state index >= 15 is 0 Å². The number of ether oxygens (including phenoxy) is 1. The molecule has 0 aromatic carbocycles. The van der Waals surface area contributed by atoms with Crippen molar-refractivity contribution in [2.24, 2.45) is 0 Å². The molecule has 128 valence electrons. The number of amides is 1. The van der Waals surface area contributed by atoms with E-state index in [1.54, 1.807) is 0 Å². The molecule has 5 nitrogen and oxygen atoms in total. The smallest absolute Gasteiger partial charge is 0.410 e. The van der Waals surface area contributed by atoms with Gasteiger partial charge in [0.05, 0.1) is 0 Å². The van der Waals surface area contributed by atoms with Gasteiger partial charge in [0.1, 0.15) is 5.60 Å². The van der Waals surface area contributed by atoms with Crippen molar-refractivity contribution >= 4 is 6.09 Å². The third-order valence-corrected chi connectivity index (χ3v) is 4.50. The van der Waals surface area contributed by atoms with E-state index in [9.17, 15) is 4.79 Å². The first-order chi connectivity index (χ1) is 10.2. The zero-order valence-corrected chi connectivity index (χ0v) is 15.1. The quantitative estimate of drug-likeness (QED) is 0.866. The Bertz CT molecular complexity index is 378. The minimum absolute atomic E-state index is 0.125. The zero-order chi connectivity index (χ0) is 16.5. The number of likely N-dealkylation sites (N-methyl/N-ethyl adjacent to an activating group) is 1. The van der Waals surface area contributed by atoms with E-state index in [2.05, 4.69) is 31.2 Å². The van der Waals surface area contributed by atoms with Gasteiger partial charge < -0.3 is 19.9 Å². The van der Waals surface area contributed by atoms with E-state index in [-0.39, 0.29) is 6.09 Å². The Morgan fingerprint density at radius 3 is 2.27 bits per heavy atom. The fraction of sp³-hybridized carbons (Fsp3) is 0.941. The van der Waals surface area contributed by atoms with Gasteiger partial charge in [-0.15, -0.1) is 0 Å². The van der Waals surface area contributed by atoms with Crippen LogP contribution in [0.3, 0.4) is 0 Å². The van der Waals surface area contributed by atoms with Gasteiger partial charge in [-0.2, -0.15) is 0 Å². The predicted molar refractivity (Wildman–Crippen MR) is 89.1 cm³/mol. The summed E-state index contributed by atoms with van der Waals surface area (Å²) in [5.41, 5.74) is -0.411. The number of hydrogen-bond acceptors (Lipinski definition) is 4. The molecule has 0 saturated carbocycles. The van der Waals surface area contributed by atoms with Crippen molar-refractivity contribution in [3.63, 3.8) is 0 Å². The van der Waals surface area contributed by atoms with Crippen LogP contribution >= 0.6 is 0 Å². The first-order valence-electron chi connectivity index (χ1n) is 8.58. The maximum Gasteiger partial charge on any atom is 0.410 e. The lowest BCUT2D eigenvalue weighted by Crippen LogP contribution is -2.54. The lowest BCUT2D eigenvalue weighted by atomic mass is 9.97. The fourth-order valence-corrected chi connectivity index (χ4v) is 3.93. The minimum atomic E-state index is -0.411. The Morgan fingerprint density at radius 1 is 1.27 bits per heavy atom. The molecule has 2 heterocycles. The maximum absolute atomic E-state index is 12.4. The van der Waals surface area contributed by atoms with Crippen LogP contribution in [0.1, 0.15) is 53.4 Å². The molecule has 1 N–H and O–H groups in total. The third kappa shape index (κ3) is 4.59. The minimum Gasteiger partial charge on any atom is -0.444 e. The molecule has 2 aliphatic heterocycles. The summed E-state index contributed by atoms with van der Waals surface area (Å²) in [5, 5.41) is 3.74. The van der Waals surface area contributed by atoms with E-state index in [0.717, 1.165) is 32.2 Å². The van der Waals surface area contributed by atoms with Crippen LogP contribution in [0.15, 0.2) is 0 Å². The normalized spacial score (nSPS) is 29.8. The van der Waals surface area contributed by atoms with Crippen LogP contribution in [0.4, 0.5) is 4.79 Å². The van der Waals surface area contributed by atoms with Crippen LogP contribution in [-0.4, -0.2) is 66.3 Å². The number of carbonyl (C=O) groups is 1. The van der Waals surface area contributed by atoms with Gasteiger partial charge in [-0.1, -0.05) is 0 Å². The van der Waals surface area contributed by atoms with Crippen LogP contribution in [0.2, 0.25) is 0 Å². The van der Waals surface area contributed by atoms with Gasteiger partial charge in [-0.25, -0.2) is 4.79 Å². The predicted octanol–water partition coefficient (Wildman–Crippen LogP) is 2.46. The molecule has 0 aromatic rings. The molecule has 1 amide bonds. The van der Waals surface area contributed by atoms with Crippen LogP contribution < -0.4 is 5.32 Å². The van der Waals surface area contributed by atoms with E-state index in [1.165, 1.54) is 0 Å². The highest BCUT2D eigenvalue weighted by molar-refractivity contribution is 5.69. The summed E-state index contributed by atoms with van der Waals surface area (Å²) >= 11 is 0. The molecule has 0 aromatic heterocycles. The summed E-state index contributed by atoms with van der Waals surface area (Å²) in [6, 6.07) is 1.69. The highest BCUT2D eigenvalue weighted by Crippen LogP contribution is 2.36. The molecule has 22 heavy (non-hydrogen) atoms. The average Bonchev–Trinajstić information content (AvgIpc) is 2.58. The fourth-order valence-electron chi connectivity index (χ4n) is 3.93. The van der Waals surface area contributed by atoms with Gasteiger partial charge in [0, 0.05) is 30.7 Å². The Morgan fingerprint density at radius 2 is 1.82 bits per heavy atom. The van der Waals surface area contributed by atoms with Crippen LogP contribution in [0, 0.1) is 0 Å². The van der Waals surface area contributed by atoms with Gasteiger partial charge >= 0.3 is 6.09 Å². The molecular formula is C17H33N3O2. The lowest BCUT2D eigenvalue weighted by molar-refractivity contribution is 0.00427. The number of piperidine rings is 1. The molecule has 0 aliphatic carbocycles. The summed E-state index contributed by atoms with van der Waals surface area (Å²) in [6.45, 7) is 9.09. The molecular weight excluding hydrogens is 278 g/mol. The number of fused-ring (bicyclic) bond motifs is 2. The molecule has 3 atom stereocenters. The number of nitrogens with one attached hydrogen (secondary N) is 1. The first-order valence-corrected chi connectivity index (χ1v) is 8.58. The van der Waals surface area contributed by atoms with Crippen molar-refractivity contribution in [1.29, 1.82) is 0 Å². The van der Waals surface area contributed by atoms with Gasteiger partial charge in [-0.05, 0) is 67.5 Å². The lowest BCUT2D eigenvalue weighted by Gasteiger charge is -2.40. The molecule has 2 saturated heterocycles. The van der Waals surface area contributed by atoms with Crippen molar-refractivity contribution < 1.29 is 9.53 Å². The topological polar surface area (TPSA) is 44.8 Å². The van der Waals surface area contributed by atoms with Gasteiger partial charge in [-0.3, -0.25) is 0 Å². The standard InChI is InChI=1S/C17H33N3O2/c1-12(11-19(5)6)18-13-9-14-7-8-15(10-13)20(14)16(21)22-17(2,3)4/h12-15,18H,7-11H2,1-6H3. The molecule has 0 spiro atoms. The molecule has 2 rings (SSSR count). The van der Waals surface area contributed by atoms with Crippen LogP contribution in [-0.2, 0) is 4.74 Å². The Hall–Kier alpha value is -0.810. The van der Waals surface area contributed by atoms with E-state index < -0.39 is 5.60 Å².